The maximum absolute atomic E-state index is 5.66. The summed E-state index contributed by atoms with van der Waals surface area (Å²) in [5.41, 5.74) is 7.86. The third-order valence-electron chi connectivity index (χ3n) is 2.88. The summed E-state index contributed by atoms with van der Waals surface area (Å²) < 4.78 is 7.69. The number of benzene rings is 1. The van der Waals surface area contributed by atoms with E-state index in [9.17, 15) is 0 Å². The Balaban J connectivity index is 2.03. The highest BCUT2D eigenvalue weighted by atomic mass is 16.5. The number of ether oxygens (including phenoxy) is 1. The molecule has 1 atom stereocenters. The Morgan fingerprint density at radius 3 is 3.00 bits per heavy atom. The molecule has 0 aliphatic rings. The van der Waals surface area contributed by atoms with Crippen molar-refractivity contribution in [3.8, 4) is 0 Å². The van der Waals surface area contributed by atoms with E-state index in [1.165, 1.54) is 5.52 Å². The Morgan fingerprint density at radius 2 is 2.24 bits per heavy atom. The average molecular weight is 233 g/mol. The van der Waals surface area contributed by atoms with Crippen molar-refractivity contribution in [1.29, 1.82) is 0 Å². The van der Waals surface area contributed by atoms with E-state index < -0.39 is 0 Å². The van der Waals surface area contributed by atoms with E-state index in [0.29, 0.717) is 13.2 Å². The van der Waals surface area contributed by atoms with Crippen LogP contribution in [0.4, 0.5) is 0 Å². The summed E-state index contributed by atoms with van der Waals surface area (Å²) in [6, 6.07) is 8.14. The SMILES string of the molecule is CCOC(CN)CCn1cnc2ccccc21. The molecular weight excluding hydrogens is 214 g/mol. The zero-order chi connectivity index (χ0) is 12.1. The predicted octanol–water partition coefficient (Wildman–Crippen LogP) is 1.79. The summed E-state index contributed by atoms with van der Waals surface area (Å²) in [6.07, 6.45) is 2.94. The maximum Gasteiger partial charge on any atom is 0.0958 e. The lowest BCUT2D eigenvalue weighted by atomic mass is 10.2. The first kappa shape index (κ1) is 12.1. The van der Waals surface area contributed by atoms with Gasteiger partial charge in [0.25, 0.3) is 0 Å². The molecule has 0 saturated heterocycles. The monoisotopic (exact) mass is 233 g/mol. The highest BCUT2D eigenvalue weighted by molar-refractivity contribution is 5.74. The summed E-state index contributed by atoms with van der Waals surface area (Å²) in [5.74, 6) is 0. The second kappa shape index (κ2) is 5.80. The average Bonchev–Trinajstić information content (AvgIpc) is 2.78. The number of hydrogen-bond donors (Lipinski definition) is 1. The molecule has 1 unspecified atom stereocenters. The molecule has 1 aromatic heterocycles. The van der Waals surface area contributed by atoms with Crippen molar-refractivity contribution in [2.75, 3.05) is 13.2 Å². The van der Waals surface area contributed by atoms with Gasteiger partial charge in [-0.2, -0.15) is 0 Å². The van der Waals surface area contributed by atoms with Crippen LogP contribution in [0.15, 0.2) is 30.6 Å². The fourth-order valence-corrected chi connectivity index (χ4v) is 1.98. The molecule has 0 aliphatic heterocycles. The first-order chi connectivity index (χ1) is 8.35. The molecule has 4 heteroatoms. The van der Waals surface area contributed by atoms with Gasteiger partial charge in [-0.3, -0.25) is 0 Å². The lowest BCUT2D eigenvalue weighted by molar-refractivity contribution is 0.0601. The van der Waals surface area contributed by atoms with Gasteiger partial charge in [0.2, 0.25) is 0 Å². The van der Waals surface area contributed by atoms with Crippen LogP contribution in [0.2, 0.25) is 0 Å². The largest absolute Gasteiger partial charge is 0.377 e. The fourth-order valence-electron chi connectivity index (χ4n) is 1.98. The van der Waals surface area contributed by atoms with Gasteiger partial charge in [-0.05, 0) is 25.5 Å². The predicted molar refractivity (Wildman–Crippen MR) is 68.8 cm³/mol. The van der Waals surface area contributed by atoms with Gasteiger partial charge in [0.05, 0.1) is 23.5 Å². The Labute approximate surface area is 101 Å². The molecule has 1 heterocycles. The molecule has 2 aromatic rings. The van der Waals surface area contributed by atoms with Crippen molar-refractivity contribution in [3.63, 3.8) is 0 Å². The number of aryl methyl sites for hydroxylation is 1. The Morgan fingerprint density at radius 1 is 1.41 bits per heavy atom. The molecule has 0 radical (unpaired) electrons. The second-order valence-corrected chi connectivity index (χ2v) is 4.03. The van der Waals surface area contributed by atoms with E-state index >= 15 is 0 Å². The molecule has 92 valence electrons. The molecule has 17 heavy (non-hydrogen) atoms. The minimum Gasteiger partial charge on any atom is -0.377 e. The van der Waals surface area contributed by atoms with Gasteiger partial charge >= 0.3 is 0 Å². The zero-order valence-electron chi connectivity index (χ0n) is 10.2. The molecular formula is C13H19N3O. The highest BCUT2D eigenvalue weighted by Crippen LogP contribution is 2.13. The molecule has 0 saturated carbocycles. The van der Waals surface area contributed by atoms with Crippen LogP contribution in [0.3, 0.4) is 0 Å². The quantitative estimate of drug-likeness (QED) is 0.827. The minimum absolute atomic E-state index is 0.140. The Kier molecular flexibility index (Phi) is 4.12. The number of para-hydroxylation sites is 2. The molecule has 2 rings (SSSR count). The van der Waals surface area contributed by atoms with Gasteiger partial charge in [0, 0.05) is 19.7 Å². The van der Waals surface area contributed by atoms with Crippen LogP contribution in [0.1, 0.15) is 13.3 Å². The highest BCUT2D eigenvalue weighted by Gasteiger charge is 2.07. The molecule has 0 fully saturated rings. The first-order valence-electron chi connectivity index (χ1n) is 6.06. The third-order valence-corrected chi connectivity index (χ3v) is 2.88. The number of fused-ring (bicyclic) bond motifs is 1. The molecule has 1 aromatic carbocycles. The lowest BCUT2D eigenvalue weighted by Gasteiger charge is -2.15. The Bertz CT molecular complexity index is 466. The number of nitrogens with zero attached hydrogens (tertiary/aromatic N) is 2. The molecule has 0 bridgehead atoms. The van der Waals surface area contributed by atoms with Crippen molar-refractivity contribution in [2.24, 2.45) is 5.73 Å². The van der Waals surface area contributed by atoms with Gasteiger partial charge in [-0.1, -0.05) is 12.1 Å². The standard InChI is InChI=1S/C13H19N3O/c1-2-17-11(9-14)7-8-16-10-15-12-5-3-4-6-13(12)16/h3-6,10-11H,2,7-9,14H2,1H3. The van der Waals surface area contributed by atoms with Crippen LogP contribution in [-0.2, 0) is 11.3 Å². The van der Waals surface area contributed by atoms with Gasteiger partial charge in [-0.15, -0.1) is 0 Å². The number of aromatic nitrogens is 2. The normalized spacial score (nSPS) is 13.1. The van der Waals surface area contributed by atoms with Crippen molar-refractivity contribution >= 4 is 11.0 Å². The number of rotatable bonds is 6. The second-order valence-electron chi connectivity index (χ2n) is 4.03. The summed E-state index contributed by atoms with van der Waals surface area (Å²) in [7, 11) is 0. The molecule has 4 nitrogen and oxygen atoms in total. The zero-order valence-corrected chi connectivity index (χ0v) is 10.2. The topological polar surface area (TPSA) is 53.1 Å². The summed E-state index contributed by atoms with van der Waals surface area (Å²) in [4.78, 5) is 4.36. The van der Waals surface area contributed by atoms with Crippen LogP contribution in [0, 0.1) is 0 Å². The summed E-state index contributed by atoms with van der Waals surface area (Å²) >= 11 is 0. The smallest absolute Gasteiger partial charge is 0.0958 e. The number of hydrogen-bond acceptors (Lipinski definition) is 3. The summed E-state index contributed by atoms with van der Waals surface area (Å²) in [5, 5.41) is 0. The molecule has 0 aliphatic carbocycles. The summed E-state index contributed by atoms with van der Waals surface area (Å²) in [6.45, 7) is 4.17. The number of nitrogens with two attached hydrogens (primary N) is 1. The van der Waals surface area contributed by atoms with Gasteiger partial charge in [-0.25, -0.2) is 4.98 Å². The van der Waals surface area contributed by atoms with Crippen LogP contribution < -0.4 is 5.73 Å². The van der Waals surface area contributed by atoms with Crippen LogP contribution in [-0.4, -0.2) is 28.8 Å². The van der Waals surface area contributed by atoms with Crippen LogP contribution >= 0.6 is 0 Å². The van der Waals surface area contributed by atoms with E-state index in [2.05, 4.69) is 15.6 Å². The van der Waals surface area contributed by atoms with Gasteiger partial charge in [0.1, 0.15) is 0 Å². The van der Waals surface area contributed by atoms with Crippen molar-refractivity contribution in [1.82, 2.24) is 9.55 Å². The van der Waals surface area contributed by atoms with Crippen molar-refractivity contribution in [3.05, 3.63) is 30.6 Å². The fraction of sp³-hybridized carbons (Fsp3) is 0.462. The number of imidazole rings is 1. The molecule has 0 amide bonds. The van der Waals surface area contributed by atoms with E-state index in [1.807, 2.05) is 31.5 Å². The third kappa shape index (κ3) is 2.84. The lowest BCUT2D eigenvalue weighted by Crippen LogP contribution is -2.25. The first-order valence-corrected chi connectivity index (χ1v) is 6.06. The Hall–Kier alpha value is -1.39. The van der Waals surface area contributed by atoms with Crippen molar-refractivity contribution in [2.45, 2.75) is 26.0 Å². The van der Waals surface area contributed by atoms with Gasteiger partial charge < -0.3 is 15.0 Å². The van der Waals surface area contributed by atoms with Crippen molar-refractivity contribution < 1.29 is 4.74 Å². The van der Waals surface area contributed by atoms with E-state index in [4.69, 9.17) is 10.5 Å². The van der Waals surface area contributed by atoms with E-state index in [1.54, 1.807) is 0 Å². The minimum atomic E-state index is 0.140. The van der Waals surface area contributed by atoms with Crippen LogP contribution in [0.25, 0.3) is 11.0 Å². The molecule has 2 N–H and O–H groups in total. The van der Waals surface area contributed by atoms with Crippen LogP contribution in [0.5, 0.6) is 0 Å². The van der Waals surface area contributed by atoms with Gasteiger partial charge in [0.15, 0.2) is 0 Å². The van der Waals surface area contributed by atoms with E-state index in [-0.39, 0.29) is 6.10 Å². The molecule has 0 spiro atoms. The van der Waals surface area contributed by atoms with E-state index in [0.717, 1.165) is 18.5 Å². The maximum atomic E-state index is 5.66.